The van der Waals surface area contributed by atoms with Crippen molar-refractivity contribution in [2.45, 2.75) is 19.8 Å². The number of carbonyl (C=O) groups is 1. The van der Waals surface area contributed by atoms with Crippen LogP contribution in [0.2, 0.25) is 0 Å². The Bertz CT molecular complexity index is 700. The highest BCUT2D eigenvalue weighted by atomic mass is 79.9. The summed E-state index contributed by atoms with van der Waals surface area (Å²) < 4.78 is 15.0. The predicted octanol–water partition coefficient (Wildman–Crippen LogP) is 3.88. The molecule has 2 heterocycles. The van der Waals surface area contributed by atoms with Crippen LogP contribution < -0.4 is 4.90 Å². The fourth-order valence-electron chi connectivity index (χ4n) is 2.60. The van der Waals surface area contributed by atoms with Crippen LogP contribution in [0.4, 0.5) is 10.1 Å². The van der Waals surface area contributed by atoms with Crippen molar-refractivity contribution in [3.05, 3.63) is 57.6 Å². The first-order chi connectivity index (χ1) is 10.1. The molecule has 0 fully saturated rings. The highest BCUT2D eigenvalue weighted by Crippen LogP contribution is 2.33. The van der Waals surface area contributed by atoms with E-state index in [-0.39, 0.29) is 11.7 Å². The molecule has 0 saturated carbocycles. The van der Waals surface area contributed by atoms with Crippen molar-refractivity contribution in [3.8, 4) is 0 Å². The fraction of sp³-hybridized carbons (Fsp3) is 0.250. The molecule has 3 nitrogen and oxygen atoms in total. The van der Waals surface area contributed by atoms with E-state index in [1.807, 2.05) is 13.0 Å². The molecule has 0 spiro atoms. The zero-order chi connectivity index (χ0) is 15.0. The highest BCUT2D eigenvalue weighted by molar-refractivity contribution is 9.10. The SMILES string of the molecule is Cc1ccc(C(=O)N2CCCc3cc(Br)cc(F)c32)cn1. The van der Waals surface area contributed by atoms with Crippen LogP contribution in [-0.2, 0) is 6.42 Å². The summed E-state index contributed by atoms with van der Waals surface area (Å²) in [7, 11) is 0. The van der Waals surface area contributed by atoms with Crippen LogP contribution in [0, 0.1) is 12.7 Å². The summed E-state index contributed by atoms with van der Waals surface area (Å²) in [6, 6.07) is 6.80. The van der Waals surface area contributed by atoms with Crippen molar-refractivity contribution in [1.82, 2.24) is 4.98 Å². The van der Waals surface area contributed by atoms with Crippen LogP contribution in [0.25, 0.3) is 0 Å². The Kier molecular flexibility index (Phi) is 3.76. The van der Waals surface area contributed by atoms with Gasteiger partial charge in [-0.2, -0.15) is 0 Å². The maximum atomic E-state index is 14.3. The van der Waals surface area contributed by atoms with Crippen LogP contribution in [-0.4, -0.2) is 17.4 Å². The summed E-state index contributed by atoms with van der Waals surface area (Å²) in [6.07, 6.45) is 3.15. The average molecular weight is 349 g/mol. The van der Waals surface area contributed by atoms with Gasteiger partial charge in [0.15, 0.2) is 0 Å². The number of amides is 1. The lowest BCUT2D eigenvalue weighted by Crippen LogP contribution is -2.36. The molecule has 2 aromatic rings. The second-order valence-electron chi connectivity index (χ2n) is 5.14. The molecule has 1 aromatic heterocycles. The molecule has 1 amide bonds. The zero-order valence-corrected chi connectivity index (χ0v) is 13.2. The molecule has 0 unspecified atom stereocenters. The zero-order valence-electron chi connectivity index (χ0n) is 11.6. The number of rotatable bonds is 1. The van der Waals surface area contributed by atoms with Crippen molar-refractivity contribution < 1.29 is 9.18 Å². The number of nitrogens with zero attached hydrogens (tertiary/aromatic N) is 2. The Morgan fingerprint density at radius 1 is 1.38 bits per heavy atom. The molecule has 3 rings (SSSR count). The summed E-state index contributed by atoms with van der Waals surface area (Å²) >= 11 is 3.30. The highest BCUT2D eigenvalue weighted by Gasteiger charge is 2.27. The van der Waals surface area contributed by atoms with Gasteiger partial charge in [-0.15, -0.1) is 0 Å². The van der Waals surface area contributed by atoms with Crippen LogP contribution in [0.5, 0.6) is 0 Å². The van der Waals surface area contributed by atoms with Crippen molar-refractivity contribution in [2.24, 2.45) is 0 Å². The van der Waals surface area contributed by atoms with Gasteiger partial charge in [-0.1, -0.05) is 15.9 Å². The van der Waals surface area contributed by atoms with E-state index in [0.717, 1.165) is 24.1 Å². The average Bonchev–Trinajstić information content (AvgIpc) is 2.46. The Labute approximate surface area is 130 Å². The van der Waals surface area contributed by atoms with Crippen LogP contribution >= 0.6 is 15.9 Å². The summed E-state index contributed by atoms with van der Waals surface area (Å²) in [5.41, 5.74) is 2.59. The Morgan fingerprint density at radius 3 is 2.90 bits per heavy atom. The first-order valence-corrected chi connectivity index (χ1v) is 7.58. The summed E-state index contributed by atoms with van der Waals surface area (Å²) in [5, 5.41) is 0. The number of halogens is 2. The largest absolute Gasteiger partial charge is 0.305 e. The van der Waals surface area contributed by atoms with E-state index in [1.165, 1.54) is 11.0 Å². The fourth-order valence-corrected chi connectivity index (χ4v) is 3.08. The number of carbonyl (C=O) groups excluding carboxylic acids is 1. The molecular weight excluding hydrogens is 335 g/mol. The Hall–Kier alpha value is -1.75. The number of benzene rings is 1. The molecule has 5 heteroatoms. The number of aromatic nitrogens is 1. The van der Waals surface area contributed by atoms with Gasteiger partial charge in [0.05, 0.1) is 11.3 Å². The van der Waals surface area contributed by atoms with E-state index >= 15 is 0 Å². The molecule has 0 aliphatic carbocycles. The molecule has 0 radical (unpaired) electrons. The van der Waals surface area contributed by atoms with Crippen molar-refractivity contribution >= 4 is 27.5 Å². The summed E-state index contributed by atoms with van der Waals surface area (Å²) in [5.74, 6) is -0.572. The van der Waals surface area contributed by atoms with Gasteiger partial charge in [0.25, 0.3) is 5.91 Å². The van der Waals surface area contributed by atoms with Crippen molar-refractivity contribution in [1.29, 1.82) is 0 Å². The maximum Gasteiger partial charge on any atom is 0.259 e. The van der Waals surface area contributed by atoms with Crippen LogP contribution in [0.1, 0.15) is 28.0 Å². The third-order valence-corrected chi connectivity index (χ3v) is 4.07. The summed E-state index contributed by atoms with van der Waals surface area (Å²) in [6.45, 7) is 2.39. The minimum Gasteiger partial charge on any atom is -0.305 e. The molecule has 0 N–H and O–H groups in total. The second-order valence-corrected chi connectivity index (χ2v) is 6.06. The minimum atomic E-state index is -0.368. The van der Waals surface area contributed by atoms with Crippen LogP contribution in [0.3, 0.4) is 0 Å². The van der Waals surface area contributed by atoms with Gasteiger partial charge in [-0.25, -0.2) is 4.39 Å². The van der Waals surface area contributed by atoms with Crippen molar-refractivity contribution in [3.63, 3.8) is 0 Å². The normalized spacial score (nSPS) is 14.0. The lowest BCUT2D eigenvalue weighted by atomic mass is 10.0. The molecule has 108 valence electrons. The molecule has 0 atom stereocenters. The van der Waals surface area contributed by atoms with Crippen molar-refractivity contribution in [2.75, 3.05) is 11.4 Å². The van der Waals surface area contributed by atoms with Gasteiger partial charge >= 0.3 is 0 Å². The quantitative estimate of drug-likeness (QED) is 0.783. The molecule has 1 aliphatic rings. The van der Waals surface area contributed by atoms with Crippen LogP contribution in [0.15, 0.2) is 34.9 Å². The van der Waals surface area contributed by atoms with Gasteiger partial charge in [0.1, 0.15) is 5.82 Å². The van der Waals surface area contributed by atoms with Gasteiger partial charge in [-0.05, 0) is 49.6 Å². The minimum absolute atomic E-state index is 0.204. The smallest absolute Gasteiger partial charge is 0.259 e. The van der Waals surface area contributed by atoms with Gasteiger partial charge in [0.2, 0.25) is 0 Å². The Morgan fingerprint density at radius 2 is 2.19 bits per heavy atom. The first-order valence-electron chi connectivity index (χ1n) is 6.78. The molecule has 1 aliphatic heterocycles. The summed E-state index contributed by atoms with van der Waals surface area (Å²) in [4.78, 5) is 18.3. The van der Waals surface area contributed by atoms with E-state index in [2.05, 4.69) is 20.9 Å². The maximum absolute atomic E-state index is 14.3. The van der Waals surface area contributed by atoms with Gasteiger partial charge in [-0.3, -0.25) is 9.78 Å². The van der Waals surface area contributed by atoms with E-state index < -0.39 is 0 Å². The van der Waals surface area contributed by atoms with E-state index in [0.29, 0.717) is 22.3 Å². The number of pyridine rings is 1. The third kappa shape index (κ3) is 2.70. The topological polar surface area (TPSA) is 33.2 Å². The predicted molar refractivity (Wildman–Crippen MR) is 83.1 cm³/mol. The first kappa shape index (κ1) is 14.2. The molecule has 1 aromatic carbocycles. The van der Waals surface area contributed by atoms with E-state index in [1.54, 1.807) is 18.3 Å². The monoisotopic (exact) mass is 348 g/mol. The Balaban J connectivity index is 2.02. The standard InChI is InChI=1S/C16H14BrFN2O/c1-10-4-5-12(9-19-10)16(21)20-6-2-3-11-7-13(17)8-14(18)15(11)20/h4-5,7-9H,2-3,6H2,1H3. The molecule has 0 saturated heterocycles. The lowest BCUT2D eigenvalue weighted by Gasteiger charge is -2.30. The number of anilines is 1. The molecule has 0 bridgehead atoms. The second kappa shape index (κ2) is 5.56. The van der Waals surface area contributed by atoms with Gasteiger partial charge in [0, 0.05) is 22.9 Å². The number of aryl methyl sites for hydroxylation is 2. The van der Waals surface area contributed by atoms with Gasteiger partial charge < -0.3 is 4.90 Å². The lowest BCUT2D eigenvalue weighted by molar-refractivity contribution is 0.0983. The number of hydrogen-bond donors (Lipinski definition) is 0. The number of hydrogen-bond acceptors (Lipinski definition) is 2. The third-order valence-electron chi connectivity index (χ3n) is 3.61. The molecular formula is C16H14BrFN2O. The molecule has 21 heavy (non-hydrogen) atoms. The van der Waals surface area contributed by atoms with E-state index in [9.17, 15) is 9.18 Å². The number of fused-ring (bicyclic) bond motifs is 1. The van der Waals surface area contributed by atoms with E-state index in [4.69, 9.17) is 0 Å².